The van der Waals surface area contributed by atoms with E-state index >= 15 is 0 Å². The number of rotatable bonds is 7. The van der Waals surface area contributed by atoms with Gasteiger partial charge in [0.05, 0.1) is 0 Å². The minimum atomic E-state index is 0.0219. The first kappa shape index (κ1) is 22.0. The Hall–Kier alpha value is -3.83. The van der Waals surface area contributed by atoms with Gasteiger partial charge >= 0.3 is 6.03 Å². The summed E-state index contributed by atoms with van der Waals surface area (Å²) in [6.07, 6.45) is 3.42. The Kier molecular flexibility index (Phi) is 6.45. The Morgan fingerprint density at radius 1 is 0.824 bits per heavy atom. The van der Waals surface area contributed by atoms with Crippen molar-refractivity contribution in [2.75, 3.05) is 18.0 Å². The lowest BCUT2D eigenvalue weighted by Gasteiger charge is -2.19. The molecule has 5 rings (SSSR count). The molecule has 170 valence electrons. The summed E-state index contributed by atoms with van der Waals surface area (Å²) < 4.78 is 6.01. The molecule has 0 N–H and O–H groups in total. The van der Waals surface area contributed by atoms with Crippen molar-refractivity contribution in [3.05, 3.63) is 113 Å². The SMILES string of the molecule is O=C1N(Cc2cccc(COc3ccc(-c4ccc(Cl)cc4)cc3)c2)CCN1c1ccncc1. The number of benzene rings is 3. The van der Waals surface area contributed by atoms with Gasteiger partial charge in [0.15, 0.2) is 0 Å². The first-order valence-corrected chi connectivity index (χ1v) is 11.6. The number of nitrogens with zero attached hydrogens (tertiary/aromatic N) is 3. The number of carbonyl (C=O) groups is 1. The van der Waals surface area contributed by atoms with Crippen LogP contribution in [0.3, 0.4) is 0 Å². The van der Waals surface area contributed by atoms with E-state index in [1.807, 2.05) is 83.8 Å². The molecule has 1 aliphatic heterocycles. The molecule has 1 aliphatic rings. The van der Waals surface area contributed by atoms with Gasteiger partial charge in [-0.1, -0.05) is 60.1 Å². The highest BCUT2D eigenvalue weighted by atomic mass is 35.5. The van der Waals surface area contributed by atoms with Crippen LogP contribution >= 0.6 is 11.6 Å². The van der Waals surface area contributed by atoms with Gasteiger partial charge in [0.2, 0.25) is 0 Å². The van der Waals surface area contributed by atoms with Gasteiger partial charge in [0.1, 0.15) is 12.4 Å². The molecule has 1 saturated heterocycles. The average molecular weight is 470 g/mol. The summed E-state index contributed by atoms with van der Waals surface area (Å²) in [5.41, 5.74) is 5.26. The number of urea groups is 1. The van der Waals surface area contributed by atoms with E-state index in [2.05, 4.69) is 11.1 Å². The van der Waals surface area contributed by atoms with Crippen molar-refractivity contribution in [3.63, 3.8) is 0 Å². The second-order valence-corrected chi connectivity index (χ2v) is 8.64. The molecule has 2 amide bonds. The van der Waals surface area contributed by atoms with Gasteiger partial charge in [-0.3, -0.25) is 9.88 Å². The topological polar surface area (TPSA) is 45.7 Å². The van der Waals surface area contributed by atoms with Crippen LogP contribution in [-0.4, -0.2) is 29.0 Å². The molecule has 3 aromatic carbocycles. The van der Waals surface area contributed by atoms with Crippen LogP contribution in [-0.2, 0) is 13.2 Å². The van der Waals surface area contributed by atoms with Crippen LogP contribution in [0.15, 0.2) is 97.3 Å². The van der Waals surface area contributed by atoms with E-state index in [-0.39, 0.29) is 6.03 Å². The minimum Gasteiger partial charge on any atom is -0.489 e. The maximum Gasteiger partial charge on any atom is 0.324 e. The number of carbonyl (C=O) groups excluding carboxylic acids is 1. The van der Waals surface area contributed by atoms with E-state index in [0.29, 0.717) is 26.2 Å². The fraction of sp³-hybridized carbons (Fsp3) is 0.143. The van der Waals surface area contributed by atoms with Gasteiger partial charge in [0, 0.05) is 42.7 Å². The summed E-state index contributed by atoms with van der Waals surface area (Å²) in [4.78, 5) is 20.5. The number of aromatic nitrogens is 1. The molecule has 6 heteroatoms. The van der Waals surface area contributed by atoms with Crippen LogP contribution in [0.2, 0.25) is 5.02 Å². The molecule has 1 fully saturated rings. The third-order valence-corrected chi connectivity index (χ3v) is 6.12. The highest BCUT2D eigenvalue weighted by Crippen LogP contribution is 2.25. The van der Waals surface area contributed by atoms with Crippen molar-refractivity contribution in [3.8, 4) is 16.9 Å². The summed E-state index contributed by atoms with van der Waals surface area (Å²) >= 11 is 5.98. The molecule has 34 heavy (non-hydrogen) atoms. The zero-order chi connectivity index (χ0) is 23.3. The van der Waals surface area contributed by atoms with E-state index in [1.54, 1.807) is 17.3 Å². The highest BCUT2D eigenvalue weighted by molar-refractivity contribution is 6.30. The van der Waals surface area contributed by atoms with Crippen molar-refractivity contribution in [2.45, 2.75) is 13.2 Å². The van der Waals surface area contributed by atoms with Crippen molar-refractivity contribution in [1.82, 2.24) is 9.88 Å². The predicted molar refractivity (Wildman–Crippen MR) is 135 cm³/mol. The summed E-state index contributed by atoms with van der Waals surface area (Å²) in [5.74, 6) is 0.811. The number of hydrogen-bond acceptors (Lipinski definition) is 3. The van der Waals surface area contributed by atoms with Crippen LogP contribution in [0.4, 0.5) is 10.5 Å². The number of hydrogen-bond donors (Lipinski definition) is 0. The van der Waals surface area contributed by atoms with E-state index in [0.717, 1.165) is 38.7 Å². The molecule has 0 spiro atoms. The third kappa shape index (κ3) is 5.05. The third-order valence-electron chi connectivity index (χ3n) is 5.87. The van der Waals surface area contributed by atoms with E-state index in [4.69, 9.17) is 16.3 Å². The Labute approximate surface area is 204 Å². The maximum absolute atomic E-state index is 12.9. The van der Waals surface area contributed by atoms with Crippen LogP contribution in [0, 0.1) is 0 Å². The van der Waals surface area contributed by atoms with E-state index < -0.39 is 0 Å². The number of pyridine rings is 1. The molecule has 4 aromatic rings. The lowest BCUT2D eigenvalue weighted by Crippen LogP contribution is -2.31. The second-order valence-electron chi connectivity index (χ2n) is 8.20. The molecule has 0 unspecified atom stereocenters. The standard InChI is InChI=1S/C28H24ClN3O2/c29-25-8-4-23(5-9-25)24-6-10-27(11-7-24)34-20-22-3-1-2-21(18-22)19-31-16-17-32(28(31)33)26-12-14-30-15-13-26/h1-15,18H,16-17,19-20H2. The monoisotopic (exact) mass is 469 g/mol. The van der Waals surface area contributed by atoms with Crippen molar-refractivity contribution in [2.24, 2.45) is 0 Å². The van der Waals surface area contributed by atoms with Gasteiger partial charge in [-0.25, -0.2) is 4.79 Å². The normalized spacial score (nSPS) is 13.4. The Morgan fingerprint density at radius 2 is 1.50 bits per heavy atom. The Morgan fingerprint density at radius 3 is 2.24 bits per heavy atom. The van der Waals surface area contributed by atoms with Crippen LogP contribution in [0.1, 0.15) is 11.1 Å². The lowest BCUT2D eigenvalue weighted by molar-refractivity contribution is 0.218. The number of halogens is 1. The van der Waals surface area contributed by atoms with E-state index in [1.165, 1.54) is 0 Å². The first-order valence-electron chi connectivity index (χ1n) is 11.2. The van der Waals surface area contributed by atoms with Gasteiger partial charge in [0.25, 0.3) is 0 Å². The van der Waals surface area contributed by atoms with Crippen LogP contribution in [0.5, 0.6) is 5.75 Å². The van der Waals surface area contributed by atoms with E-state index in [9.17, 15) is 4.79 Å². The fourth-order valence-electron chi connectivity index (χ4n) is 4.08. The molecule has 0 bridgehead atoms. The first-order chi connectivity index (χ1) is 16.7. The summed E-state index contributed by atoms with van der Waals surface area (Å²) in [7, 11) is 0. The van der Waals surface area contributed by atoms with Gasteiger partial charge in [-0.05, 0) is 58.7 Å². The Bertz CT molecular complexity index is 1260. The minimum absolute atomic E-state index is 0.0219. The maximum atomic E-state index is 12.9. The molecule has 5 nitrogen and oxygen atoms in total. The number of anilines is 1. The second kappa shape index (κ2) is 9.98. The molecule has 2 heterocycles. The summed E-state index contributed by atoms with van der Waals surface area (Å²) in [5, 5.41) is 0.728. The van der Waals surface area contributed by atoms with Gasteiger partial charge in [-0.15, -0.1) is 0 Å². The van der Waals surface area contributed by atoms with Crippen LogP contribution < -0.4 is 9.64 Å². The van der Waals surface area contributed by atoms with Gasteiger partial charge in [-0.2, -0.15) is 0 Å². The summed E-state index contributed by atoms with van der Waals surface area (Å²) in [6, 6.07) is 27.8. The smallest absolute Gasteiger partial charge is 0.324 e. The number of ether oxygens (including phenoxy) is 1. The zero-order valence-electron chi connectivity index (χ0n) is 18.6. The van der Waals surface area contributed by atoms with Crippen molar-refractivity contribution >= 4 is 23.3 Å². The molecule has 0 radical (unpaired) electrons. The Balaban J connectivity index is 1.19. The average Bonchev–Trinajstić information content (AvgIpc) is 3.24. The number of amides is 2. The summed E-state index contributed by atoms with van der Waals surface area (Å²) in [6.45, 7) is 2.41. The van der Waals surface area contributed by atoms with Crippen LogP contribution in [0.25, 0.3) is 11.1 Å². The lowest BCUT2D eigenvalue weighted by atomic mass is 10.1. The quantitative estimate of drug-likeness (QED) is 0.313. The predicted octanol–water partition coefficient (Wildman–Crippen LogP) is 6.42. The molecule has 1 aromatic heterocycles. The molecule has 0 atom stereocenters. The van der Waals surface area contributed by atoms with Crippen molar-refractivity contribution in [1.29, 1.82) is 0 Å². The van der Waals surface area contributed by atoms with Gasteiger partial charge < -0.3 is 9.64 Å². The fourth-order valence-corrected chi connectivity index (χ4v) is 4.21. The largest absolute Gasteiger partial charge is 0.489 e. The molecular formula is C28H24ClN3O2. The molecule has 0 aliphatic carbocycles. The highest BCUT2D eigenvalue weighted by Gasteiger charge is 2.29. The van der Waals surface area contributed by atoms with Crippen molar-refractivity contribution < 1.29 is 9.53 Å². The molecular weight excluding hydrogens is 446 g/mol. The molecule has 0 saturated carbocycles. The zero-order valence-corrected chi connectivity index (χ0v) is 19.4.